The maximum absolute atomic E-state index is 12.2. The Hall–Kier alpha value is -3.92. The fourth-order valence-corrected chi connectivity index (χ4v) is 3.07. The van der Waals surface area contributed by atoms with Crippen molar-refractivity contribution in [1.82, 2.24) is 24.9 Å². The normalized spacial score (nSPS) is 11.2. The first kappa shape index (κ1) is 18.4. The zero-order valence-corrected chi connectivity index (χ0v) is 15.2. The van der Waals surface area contributed by atoms with E-state index in [0.29, 0.717) is 33.5 Å². The number of carbonyl (C=O) groups is 1. The van der Waals surface area contributed by atoms with Crippen LogP contribution in [0.3, 0.4) is 0 Å². The number of nitrogens with zero attached hydrogens (tertiary/aromatic N) is 4. The molecule has 0 saturated carbocycles. The van der Waals surface area contributed by atoms with Crippen molar-refractivity contribution >= 4 is 28.4 Å². The Balaban J connectivity index is 1.83. The van der Waals surface area contributed by atoms with Gasteiger partial charge in [-0.1, -0.05) is 6.07 Å². The molecule has 148 valence electrons. The second-order valence-electron chi connectivity index (χ2n) is 6.44. The third kappa shape index (κ3) is 3.48. The van der Waals surface area contributed by atoms with Crippen molar-refractivity contribution in [3.63, 3.8) is 0 Å². The molecule has 0 unspecified atom stereocenters. The lowest BCUT2D eigenvalue weighted by Crippen LogP contribution is -2.26. The average Bonchev–Trinajstić information content (AvgIpc) is 3.10. The lowest BCUT2D eigenvalue weighted by molar-refractivity contribution is 0.0945. The highest BCUT2D eigenvalue weighted by molar-refractivity contribution is 6.00. The number of nitrogen functional groups attached to an aromatic ring is 1. The number of benzene rings is 2. The number of anilines is 1. The van der Waals surface area contributed by atoms with E-state index in [4.69, 9.17) is 10.8 Å². The van der Waals surface area contributed by atoms with E-state index in [1.165, 1.54) is 16.6 Å². The lowest BCUT2D eigenvalue weighted by atomic mass is 10.1. The molecule has 2 aromatic heterocycles. The molecule has 4 aromatic rings. The first-order valence-electron chi connectivity index (χ1n) is 8.81. The van der Waals surface area contributed by atoms with Crippen LogP contribution in [0.2, 0.25) is 0 Å². The van der Waals surface area contributed by atoms with E-state index in [0.717, 1.165) is 0 Å². The predicted octanol–water partition coefficient (Wildman–Crippen LogP) is 0.584. The Morgan fingerprint density at radius 2 is 1.93 bits per heavy atom. The van der Waals surface area contributed by atoms with Gasteiger partial charge in [-0.25, -0.2) is 4.98 Å². The summed E-state index contributed by atoms with van der Waals surface area (Å²) in [7, 11) is 0. The SMILES string of the molecule is Nc1nc2c3ccc(C(=O)NCCO)cc3nc(Cc3ccc(O)c(O)c3)n2n1. The summed E-state index contributed by atoms with van der Waals surface area (Å²) < 4.78 is 1.52. The number of aliphatic hydroxyl groups is 1. The number of aliphatic hydroxyl groups excluding tert-OH is 1. The van der Waals surface area contributed by atoms with Crippen molar-refractivity contribution in [2.75, 3.05) is 18.9 Å². The Kier molecular flexibility index (Phi) is 4.61. The van der Waals surface area contributed by atoms with Crippen molar-refractivity contribution in [2.24, 2.45) is 0 Å². The Morgan fingerprint density at radius 1 is 1.10 bits per heavy atom. The second kappa shape index (κ2) is 7.24. The molecule has 0 bridgehead atoms. The highest BCUT2D eigenvalue weighted by Crippen LogP contribution is 2.27. The van der Waals surface area contributed by atoms with Crippen molar-refractivity contribution in [2.45, 2.75) is 6.42 Å². The fourth-order valence-electron chi connectivity index (χ4n) is 3.07. The molecule has 4 rings (SSSR count). The van der Waals surface area contributed by atoms with Gasteiger partial charge in [0.15, 0.2) is 17.1 Å². The number of nitrogens with two attached hydrogens (primary N) is 1. The van der Waals surface area contributed by atoms with Gasteiger partial charge in [-0.15, -0.1) is 5.10 Å². The van der Waals surface area contributed by atoms with Crippen LogP contribution < -0.4 is 11.1 Å². The zero-order valence-electron chi connectivity index (χ0n) is 15.2. The summed E-state index contributed by atoms with van der Waals surface area (Å²) in [5, 5.41) is 35.6. The molecule has 0 aliphatic rings. The van der Waals surface area contributed by atoms with E-state index >= 15 is 0 Å². The molecule has 0 aliphatic carbocycles. The van der Waals surface area contributed by atoms with Gasteiger partial charge in [-0.2, -0.15) is 9.50 Å². The van der Waals surface area contributed by atoms with Crippen LogP contribution in [0.4, 0.5) is 5.95 Å². The maximum Gasteiger partial charge on any atom is 0.251 e. The van der Waals surface area contributed by atoms with Gasteiger partial charge >= 0.3 is 0 Å². The van der Waals surface area contributed by atoms with E-state index in [9.17, 15) is 15.0 Å². The van der Waals surface area contributed by atoms with Crippen LogP contribution >= 0.6 is 0 Å². The summed E-state index contributed by atoms with van der Waals surface area (Å²) in [6, 6.07) is 9.47. The molecule has 10 nitrogen and oxygen atoms in total. The minimum atomic E-state index is -0.325. The molecular weight excluding hydrogens is 376 g/mol. The number of carbonyl (C=O) groups excluding carboxylic acids is 1. The van der Waals surface area contributed by atoms with Crippen molar-refractivity contribution in [3.05, 3.63) is 53.3 Å². The maximum atomic E-state index is 12.2. The monoisotopic (exact) mass is 394 g/mol. The molecular formula is C19H18N6O4. The van der Waals surface area contributed by atoms with E-state index in [-0.39, 0.29) is 42.9 Å². The molecule has 0 spiro atoms. The van der Waals surface area contributed by atoms with Gasteiger partial charge in [-0.3, -0.25) is 4.79 Å². The molecule has 0 aliphatic heterocycles. The van der Waals surface area contributed by atoms with Gasteiger partial charge in [0.25, 0.3) is 5.91 Å². The first-order valence-corrected chi connectivity index (χ1v) is 8.81. The summed E-state index contributed by atoms with van der Waals surface area (Å²) in [5.41, 5.74) is 7.90. The van der Waals surface area contributed by atoms with Crippen LogP contribution in [-0.2, 0) is 6.42 Å². The lowest BCUT2D eigenvalue weighted by Gasteiger charge is -2.09. The summed E-state index contributed by atoms with van der Waals surface area (Å²) in [6.07, 6.45) is 0.282. The van der Waals surface area contributed by atoms with Crippen LogP contribution in [0.25, 0.3) is 16.6 Å². The van der Waals surface area contributed by atoms with E-state index < -0.39 is 0 Å². The van der Waals surface area contributed by atoms with Gasteiger partial charge in [0, 0.05) is 23.9 Å². The number of amides is 1. The topological polar surface area (TPSA) is 159 Å². The summed E-state index contributed by atoms with van der Waals surface area (Å²) in [6.45, 7) is 0.000476. The van der Waals surface area contributed by atoms with E-state index in [1.54, 1.807) is 24.3 Å². The number of phenols is 2. The molecule has 0 fully saturated rings. The highest BCUT2D eigenvalue weighted by atomic mass is 16.3. The second-order valence-corrected chi connectivity index (χ2v) is 6.44. The Morgan fingerprint density at radius 3 is 2.69 bits per heavy atom. The molecule has 29 heavy (non-hydrogen) atoms. The standard InChI is InChI=1S/C19H18N6O4/c20-19-23-17-12-3-2-11(18(29)21-5-6-26)9-13(12)22-16(25(17)24-19)8-10-1-4-14(27)15(28)7-10/h1-4,7,9,26-28H,5-6,8H2,(H2,20,24)(H,21,29). The number of aromatic nitrogens is 4. The molecule has 0 radical (unpaired) electrons. The van der Waals surface area contributed by atoms with Crippen LogP contribution in [0.1, 0.15) is 21.7 Å². The third-order valence-corrected chi connectivity index (χ3v) is 4.42. The van der Waals surface area contributed by atoms with Crippen LogP contribution in [-0.4, -0.2) is 54.0 Å². The molecule has 6 N–H and O–H groups in total. The summed E-state index contributed by atoms with van der Waals surface area (Å²) in [5.74, 6) is -0.198. The smallest absolute Gasteiger partial charge is 0.251 e. The molecule has 2 heterocycles. The van der Waals surface area contributed by atoms with Gasteiger partial charge in [0.1, 0.15) is 5.82 Å². The zero-order chi connectivity index (χ0) is 20.5. The molecule has 2 aromatic carbocycles. The number of nitrogens with one attached hydrogen (secondary N) is 1. The number of phenolic OH excluding ortho intramolecular Hbond substituents is 2. The van der Waals surface area contributed by atoms with Gasteiger partial charge < -0.3 is 26.4 Å². The van der Waals surface area contributed by atoms with Gasteiger partial charge in [0.05, 0.1) is 12.1 Å². The van der Waals surface area contributed by atoms with Crippen LogP contribution in [0, 0.1) is 0 Å². The fraction of sp³-hybridized carbons (Fsp3) is 0.158. The Bertz CT molecular complexity index is 1240. The van der Waals surface area contributed by atoms with Gasteiger partial charge in [-0.05, 0) is 35.9 Å². The first-order chi connectivity index (χ1) is 14.0. The molecule has 1 amide bonds. The van der Waals surface area contributed by atoms with E-state index in [1.807, 2.05) is 0 Å². The number of hydrogen-bond donors (Lipinski definition) is 5. The Labute approximate surface area is 164 Å². The molecule has 0 atom stereocenters. The predicted molar refractivity (Wildman–Crippen MR) is 105 cm³/mol. The van der Waals surface area contributed by atoms with Crippen molar-refractivity contribution in [3.8, 4) is 11.5 Å². The molecule has 10 heteroatoms. The largest absolute Gasteiger partial charge is 0.504 e. The quantitative estimate of drug-likeness (QED) is 0.307. The van der Waals surface area contributed by atoms with Crippen molar-refractivity contribution in [1.29, 1.82) is 0 Å². The van der Waals surface area contributed by atoms with E-state index in [2.05, 4.69) is 20.4 Å². The van der Waals surface area contributed by atoms with Gasteiger partial charge in [0.2, 0.25) is 5.95 Å². The van der Waals surface area contributed by atoms with Crippen LogP contribution in [0.15, 0.2) is 36.4 Å². The minimum Gasteiger partial charge on any atom is -0.504 e. The molecule has 0 saturated heterocycles. The number of hydrogen-bond acceptors (Lipinski definition) is 8. The van der Waals surface area contributed by atoms with Crippen LogP contribution in [0.5, 0.6) is 11.5 Å². The summed E-state index contributed by atoms with van der Waals surface area (Å²) in [4.78, 5) is 21.1. The minimum absolute atomic E-state index is 0.0823. The third-order valence-electron chi connectivity index (χ3n) is 4.42. The average molecular weight is 394 g/mol. The number of fused-ring (bicyclic) bond motifs is 3. The number of aromatic hydroxyl groups is 2. The van der Waals surface area contributed by atoms with Crippen molar-refractivity contribution < 1.29 is 20.1 Å². The number of rotatable bonds is 5. The summed E-state index contributed by atoms with van der Waals surface area (Å²) >= 11 is 0. The highest BCUT2D eigenvalue weighted by Gasteiger charge is 2.15.